The SMILES string of the molecule is COC(=O)NC1CCN(C(=O)c2ccoc2Br)C1. The molecule has 6 nitrogen and oxygen atoms in total. The van der Waals surface area contributed by atoms with Gasteiger partial charge < -0.3 is 19.4 Å². The molecule has 1 aromatic heterocycles. The van der Waals surface area contributed by atoms with E-state index in [1.807, 2.05) is 0 Å². The molecule has 2 amide bonds. The smallest absolute Gasteiger partial charge is 0.407 e. The Hall–Kier alpha value is -1.50. The number of carbonyl (C=O) groups is 2. The molecule has 1 aliphatic heterocycles. The first-order chi connectivity index (χ1) is 8.61. The van der Waals surface area contributed by atoms with Crippen molar-refractivity contribution in [2.24, 2.45) is 0 Å². The number of nitrogens with zero attached hydrogens (tertiary/aromatic N) is 1. The first kappa shape index (κ1) is 12.9. The van der Waals surface area contributed by atoms with E-state index in [4.69, 9.17) is 4.42 Å². The third-order valence-electron chi connectivity index (χ3n) is 2.83. The highest BCUT2D eigenvalue weighted by Crippen LogP contribution is 2.21. The lowest BCUT2D eigenvalue weighted by Crippen LogP contribution is -2.38. The third kappa shape index (κ3) is 2.66. The largest absolute Gasteiger partial charge is 0.457 e. The zero-order valence-electron chi connectivity index (χ0n) is 9.81. The maximum absolute atomic E-state index is 12.1. The Morgan fingerprint density at radius 1 is 1.61 bits per heavy atom. The van der Waals surface area contributed by atoms with E-state index in [2.05, 4.69) is 26.0 Å². The maximum atomic E-state index is 12.1. The minimum Gasteiger partial charge on any atom is -0.457 e. The molecule has 1 atom stereocenters. The number of hydrogen-bond donors (Lipinski definition) is 1. The van der Waals surface area contributed by atoms with Crippen molar-refractivity contribution >= 4 is 27.9 Å². The van der Waals surface area contributed by atoms with Crippen LogP contribution in [0, 0.1) is 0 Å². The summed E-state index contributed by atoms with van der Waals surface area (Å²) in [5, 5.41) is 2.68. The molecule has 18 heavy (non-hydrogen) atoms. The van der Waals surface area contributed by atoms with Crippen LogP contribution in [-0.4, -0.2) is 43.1 Å². The van der Waals surface area contributed by atoms with Gasteiger partial charge in [0.2, 0.25) is 0 Å². The standard InChI is InChI=1S/C11H13BrN2O4/c1-17-11(16)13-7-2-4-14(6-7)10(15)8-3-5-18-9(8)12/h3,5,7H,2,4,6H2,1H3,(H,13,16). The number of hydrogen-bond acceptors (Lipinski definition) is 4. The van der Waals surface area contributed by atoms with Gasteiger partial charge in [-0.2, -0.15) is 0 Å². The molecular weight excluding hydrogens is 304 g/mol. The van der Waals surface area contributed by atoms with Gasteiger partial charge in [0, 0.05) is 13.1 Å². The molecular formula is C11H13BrN2O4. The fourth-order valence-electron chi connectivity index (χ4n) is 1.90. The summed E-state index contributed by atoms with van der Waals surface area (Å²) >= 11 is 3.18. The molecule has 98 valence electrons. The summed E-state index contributed by atoms with van der Waals surface area (Å²) < 4.78 is 9.98. The van der Waals surface area contributed by atoms with Gasteiger partial charge in [-0.1, -0.05) is 0 Å². The minimum absolute atomic E-state index is 0.0629. The average molecular weight is 317 g/mol. The zero-order valence-corrected chi connectivity index (χ0v) is 11.4. The van der Waals surface area contributed by atoms with Crippen LogP contribution in [0.5, 0.6) is 0 Å². The summed E-state index contributed by atoms with van der Waals surface area (Å²) in [7, 11) is 1.32. The molecule has 7 heteroatoms. The van der Waals surface area contributed by atoms with E-state index >= 15 is 0 Å². The van der Waals surface area contributed by atoms with E-state index in [1.165, 1.54) is 13.4 Å². The van der Waals surface area contributed by atoms with Crippen LogP contribution in [0.2, 0.25) is 0 Å². The van der Waals surface area contributed by atoms with Crippen molar-refractivity contribution in [3.63, 3.8) is 0 Å². The second-order valence-corrected chi connectivity index (χ2v) is 4.70. The zero-order chi connectivity index (χ0) is 13.1. The van der Waals surface area contributed by atoms with Gasteiger partial charge in [0.1, 0.15) is 0 Å². The van der Waals surface area contributed by atoms with Crippen LogP contribution >= 0.6 is 15.9 Å². The first-order valence-corrected chi connectivity index (χ1v) is 6.28. The lowest BCUT2D eigenvalue weighted by atomic mass is 10.3. The van der Waals surface area contributed by atoms with Crippen molar-refractivity contribution < 1.29 is 18.7 Å². The molecule has 1 fully saturated rings. The second kappa shape index (κ2) is 5.43. The Bertz CT molecular complexity index is 460. The Morgan fingerprint density at radius 3 is 3.00 bits per heavy atom. The average Bonchev–Trinajstić information content (AvgIpc) is 2.97. The maximum Gasteiger partial charge on any atom is 0.407 e. The number of rotatable bonds is 2. The summed E-state index contributed by atoms with van der Waals surface area (Å²) in [6.45, 7) is 1.08. The van der Waals surface area contributed by atoms with E-state index < -0.39 is 6.09 Å². The third-order valence-corrected chi connectivity index (χ3v) is 3.45. The Balaban J connectivity index is 1.95. The number of carbonyl (C=O) groups excluding carboxylic acids is 2. The summed E-state index contributed by atoms with van der Waals surface area (Å²) in [6, 6.07) is 1.56. The lowest BCUT2D eigenvalue weighted by molar-refractivity contribution is 0.0786. The number of likely N-dealkylation sites (tertiary alicyclic amines) is 1. The van der Waals surface area contributed by atoms with Crippen molar-refractivity contribution in [1.82, 2.24) is 10.2 Å². The van der Waals surface area contributed by atoms with E-state index in [1.54, 1.807) is 11.0 Å². The summed E-state index contributed by atoms with van der Waals surface area (Å²) in [5.41, 5.74) is 0.494. The monoisotopic (exact) mass is 316 g/mol. The highest BCUT2D eigenvalue weighted by molar-refractivity contribution is 9.10. The number of nitrogens with one attached hydrogen (secondary N) is 1. The van der Waals surface area contributed by atoms with E-state index in [9.17, 15) is 9.59 Å². The molecule has 0 spiro atoms. The molecule has 1 aromatic rings. The van der Waals surface area contributed by atoms with Crippen molar-refractivity contribution in [1.29, 1.82) is 0 Å². The Kier molecular flexibility index (Phi) is 3.90. The van der Waals surface area contributed by atoms with Crippen molar-refractivity contribution in [3.8, 4) is 0 Å². The first-order valence-electron chi connectivity index (χ1n) is 5.48. The number of halogens is 1. The van der Waals surface area contributed by atoms with Gasteiger partial charge >= 0.3 is 6.09 Å². The second-order valence-electron chi connectivity index (χ2n) is 3.98. The van der Waals surface area contributed by atoms with E-state index in [-0.39, 0.29) is 11.9 Å². The van der Waals surface area contributed by atoms with Crippen LogP contribution in [0.4, 0.5) is 4.79 Å². The minimum atomic E-state index is -0.473. The fourth-order valence-corrected chi connectivity index (χ4v) is 2.31. The molecule has 0 aliphatic carbocycles. The number of alkyl carbamates (subject to hydrolysis) is 1. The molecule has 0 bridgehead atoms. The lowest BCUT2D eigenvalue weighted by Gasteiger charge is -2.16. The number of furan rings is 1. The Morgan fingerprint density at radius 2 is 2.39 bits per heavy atom. The van der Waals surface area contributed by atoms with Crippen LogP contribution in [0.15, 0.2) is 21.4 Å². The highest BCUT2D eigenvalue weighted by Gasteiger charge is 2.29. The van der Waals surface area contributed by atoms with Crippen LogP contribution in [0.25, 0.3) is 0 Å². The van der Waals surface area contributed by atoms with Crippen molar-refractivity contribution in [3.05, 3.63) is 22.6 Å². The molecule has 1 saturated heterocycles. The topological polar surface area (TPSA) is 71.8 Å². The van der Waals surface area contributed by atoms with Gasteiger partial charge in [0.25, 0.3) is 5.91 Å². The van der Waals surface area contributed by atoms with Crippen LogP contribution in [0.3, 0.4) is 0 Å². The number of ether oxygens (including phenoxy) is 1. The molecule has 0 aromatic carbocycles. The van der Waals surface area contributed by atoms with Crippen LogP contribution in [-0.2, 0) is 4.74 Å². The van der Waals surface area contributed by atoms with Gasteiger partial charge in [-0.3, -0.25) is 4.79 Å². The fraction of sp³-hybridized carbons (Fsp3) is 0.455. The normalized spacial score (nSPS) is 18.8. The predicted molar refractivity (Wildman–Crippen MR) is 66.3 cm³/mol. The highest BCUT2D eigenvalue weighted by atomic mass is 79.9. The quantitative estimate of drug-likeness (QED) is 0.899. The number of amides is 2. The van der Waals surface area contributed by atoms with Gasteiger partial charge in [0.05, 0.1) is 25.0 Å². The summed E-state index contributed by atoms with van der Waals surface area (Å²) in [5.74, 6) is -0.107. The van der Waals surface area contributed by atoms with Crippen LogP contribution < -0.4 is 5.32 Å². The van der Waals surface area contributed by atoms with E-state index in [0.717, 1.165) is 6.42 Å². The summed E-state index contributed by atoms with van der Waals surface area (Å²) in [6.07, 6.45) is 1.70. The molecule has 2 heterocycles. The van der Waals surface area contributed by atoms with Gasteiger partial charge in [-0.15, -0.1) is 0 Å². The van der Waals surface area contributed by atoms with Crippen LogP contribution in [0.1, 0.15) is 16.8 Å². The molecule has 1 unspecified atom stereocenters. The molecule has 2 rings (SSSR count). The molecule has 1 N–H and O–H groups in total. The molecule has 0 saturated carbocycles. The van der Waals surface area contributed by atoms with Crippen molar-refractivity contribution in [2.45, 2.75) is 12.5 Å². The predicted octanol–water partition coefficient (Wildman–Crippen LogP) is 1.61. The Labute approximate surface area is 112 Å². The van der Waals surface area contributed by atoms with Gasteiger partial charge in [-0.05, 0) is 28.4 Å². The number of methoxy groups -OCH3 is 1. The van der Waals surface area contributed by atoms with Gasteiger partial charge in [0.15, 0.2) is 4.67 Å². The van der Waals surface area contributed by atoms with Crippen molar-refractivity contribution in [2.75, 3.05) is 20.2 Å². The molecule has 0 radical (unpaired) electrons. The molecule has 1 aliphatic rings. The van der Waals surface area contributed by atoms with Gasteiger partial charge in [-0.25, -0.2) is 4.79 Å². The summed E-state index contributed by atoms with van der Waals surface area (Å²) in [4.78, 5) is 24.9. The van der Waals surface area contributed by atoms with E-state index in [0.29, 0.717) is 23.3 Å².